The zero-order valence-electron chi connectivity index (χ0n) is 11.2. The molecule has 2 N–H and O–H groups in total. The van der Waals surface area contributed by atoms with Gasteiger partial charge in [-0.3, -0.25) is 4.79 Å². The van der Waals surface area contributed by atoms with Crippen molar-refractivity contribution in [2.45, 2.75) is 13.5 Å². The van der Waals surface area contributed by atoms with Crippen molar-refractivity contribution in [3.8, 4) is 6.07 Å². The summed E-state index contributed by atoms with van der Waals surface area (Å²) in [4.78, 5) is 11.2. The van der Waals surface area contributed by atoms with Gasteiger partial charge in [-0.1, -0.05) is 24.3 Å². The van der Waals surface area contributed by atoms with Crippen LogP contribution in [0.5, 0.6) is 0 Å². The average Bonchev–Trinajstić information content (AvgIpc) is 2.46. The molecule has 0 aromatic heterocycles. The van der Waals surface area contributed by atoms with E-state index in [0.717, 1.165) is 16.9 Å². The summed E-state index contributed by atoms with van der Waals surface area (Å²) < 4.78 is 0. The van der Waals surface area contributed by atoms with Crippen LogP contribution in [0, 0.1) is 11.3 Å². The third-order valence-corrected chi connectivity index (χ3v) is 2.80. The summed E-state index contributed by atoms with van der Waals surface area (Å²) in [6.45, 7) is 2.06. The Kier molecular flexibility index (Phi) is 4.35. The van der Waals surface area contributed by atoms with Gasteiger partial charge >= 0.3 is 0 Å². The Morgan fingerprint density at radius 2 is 2.00 bits per heavy atom. The monoisotopic (exact) mass is 265 g/mol. The van der Waals surface area contributed by atoms with Crippen molar-refractivity contribution < 1.29 is 4.79 Å². The number of hydrogen-bond acceptors (Lipinski definition) is 3. The van der Waals surface area contributed by atoms with Crippen LogP contribution in [0.1, 0.15) is 18.1 Å². The number of benzene rings is 2. The van der Waals surface area contributed by atoms with Crippen molar-refractivity contribution >= 4 is 17.3 Å². The van der Waals surface area contributed by atoms with Crippen molar-refractivity contribution in [3.05, 3.63) is 59.7 Å². The van der Waals surface area contributed by atoms with Gasteiger partial charge in [-0.15, -0.1) is 0 Å². The minimum absolute atomic E-state index is 0.0936. The lowest BCUT2D eigenvalue weighted by Crippen LogP contribution is -2.10. The number of nitrogens with zero attached hydrogens (tertiary/aromatic N) is 1. The largest absolute Gasteiger partial charge is 0.381 e. The van der Waals surface area contributed by atoms with E-state index in [9.17, 15) is 4.79 Å². The van der Waals surface area contributed by atoms with Gasteiger partial charge in [0.25, 0.3) is 0 Å². The van der Waals surface area contributed by atoms with E-state index in [4.69, 9.17) is 5.26 Å². The molecule has 0 heterocycles. The predicted octanol–water partition coefficient (Wildman–Crippen LogP) is 3.13. The zero-order valence-corrected chi connectivity index (χ0v) is 11.2. The van der Waals surface area contributed by atoms with E-state index >= 15 is 0 Å². The molecule has 20 heavy (non-hydrogen) atoms. The summed E-state index contributed by atoms with van der Waals surface area (Å²) in [5, 5.41) is 14.9. The second kappa shape index (κ2) is 6.39. The fraction of sp³-hybridized carbons (Fsp3) is 0.125. The molecule has 2 aromatic carbocycles. The van der Waals surface area contributed by atoms with Gasteiger partial charge in [-0.2, -0.15) is 5.26 Å². The van der Waals surface area contributed by atoms with Crippen LogP contribution in [-0.2, 0) is 11.3 Å². The summed E-state index contributed by atoms with van der Waals surface area (Å²) in [7, 11) is 0. The van der Waals surface area contributed by atoms with Crippen LogP contribution in [0.15, 0.2) is 48.5 Å². The molecule has 2 aromatic rings. The third-order valence-electron chi connectivity index (χ3n) is 2.80. The lowest BCUT2D eigenvalue weighted by Gasteiger charge is -2.11. The van der Waals surface area contributed by atoms with Gasteiger partial charge in [0.15, 0.2) is 0 Å². The molecule has 4 nitrogen and oxygen atoms in total. The summed E-state index contributed by atoms with van der Waals surface area (Å²) in [5.41, 5.74) is 3.28. The number of nitrogens with one attached hydrogen (secondary N) is 2. The standard InChI is InChI=1S/C16H15N3O/c1-12(20)19-16-8-3-2-6-14(16)11-18-15-7-4-5-13(9-15)10-17/h2-9,18H,11H2,1H3,(H,19,20). The molecule has 0 spiro atoms. The molecule has 0 saturated carbocycles. The number of amides is 1. The van der Waals surface area contributed by atoms with E-state index in [-0.39, 0.29) is 5.91 Å². The first-order chi connectivity index (χ1) is 9.69. The molecule has 2 rings (SSSR count). The number of carbonyl (C=O) groups excluding carboxylic acids is 1. The minimum atomic E-state index is -0.0936. The summed E-state index contributed by atoms with van der Waals surface area (Å²) in [5.74, 6) is -0.0936. The molecule has 1 amide bonds. The zero-order chi connectivity index (χ0) is 14.4. The van der Waals surface area contributed by atoms with Crippen LogP contribution in [0.4, 0.5) is 11.4 Å². The van der Waals surface area contributed by atoms with Crippen LogP contribution in [0.3, 0.4) is 0 Å². The summed E-state index contributed by atoms with van der Waals surface area (Å²) in [6, 6.07) is 17.0. The number of rotatable bonds is 4. The molecular weight excluding hydrogens is 250 g/mol. The van der Waals surface area contributed by atoms with Gasteiger partial charge < -0.3 is 10.6 Å². The maximum atomic E-state index is 11.2. The fourth-order valence-electron chi connectivity index (χ4n) is 1.88. The van der Waals surface area contributed by atoms with Crippen molar-refractivity contribution in [1.82, 2.24) is 0 Å². The Morgan fingerprint density at radius 1 is 1.20 bits per heavy atom. The molecule has 0 unspecified atom stereocenters. The van der Waals surface area contributed by atoms with Crippen LogP contribution >= 0.6 is 0 Å². The molecule has 0 aliphatic heterocycles. The van der Waals surface area contributed by atoms with Crippen LogP contribution in [-0.4, -0.2) is 5.91 Å². The summed E-state index contributed by atoms with van der Waals surface area (Å²) >= 11 is 0. The molecule has 0 aliphatic rings. The van der Waals surface area contributed by atoms with Gasteiger partial charge in [-0.25, -0.2) is 0 Å². The Morgan fingerprint density at radius 3 is 2.75 bits per heavy atom. The molecule has 0 atom stereocenters. The first-order valence-corrected chi connectivity index (χ1v) is 6.28. The van der Waals surface area contributed by atoms with E-state index in [1.165, 1.54) is 6.92 Å². The number of carbonyl (C=O) groups is 1. The normalized spacial score (nSPS) is 9.60. The average molecular weight is 265 g/mol. The first kappa shape index (κ1) is 13.6. The Balaban J connectivity index is 2.10. The van der Waals surface area contributed by atoms with Crippen LogP contribution in [0.25, 0.3) is 0 Å². The highest BCUT2D eigenvalue weighted by atomic mass is 16.1. The maximum Gasteiger partial charge on any atom is 0.221 e. The van der Waals surface area contributed by atoms with Gasteiger partial charge in [0.1, 0.15) is 0 Å². The van der Waals surface area contributed by atoms with Gasteiger partial charge in [0.05, 0.1) is 11.6 Å². The van der Waals surface area contributed by atoms with E-state index in [1.54, 1.807) is 12.1 Å². The molecule has 0 bridgehead atoms. The predicted molar refractivity (Wildman–Crippen MR) is 79.2 cm³/mol. The number of anilines is 2. The SMILES string of the molecule is CC(=O)Nc1ccccc1CNc1cccc(C#N)c1. The van der Waals surface area contributed by atoms with E-state index in [1.807, 2.05) is 36.4 Å². The van der Waals surface area contributed by atoms with E-state index in [0.29, 0.717) is 12.1 Å². The van der Waals surface area contributed by atoms with Crippen molar-refractivity contribution in [1.29, 1.82) is 5.26 Å². The fourth-order valence-corrected chi connectivity index (χ4v) is 1.88. The Hall–Kier alpha value is -2.80. The maximum absolute atomic E-state index is 11.2. The Labute approximate surface area is 118 Å². The van der Waals surface area contributed by atoms with Crippen molar-refractivity contribution in [2.24, 2.45) is 0 Å². The molecule has 0 saturated heterocycles. The highest BCUT2D eigenvalue weighted by Crippen LogP contribution is 2.17. The molecule has 0 fully saturated rings. The topological polar surface area (TPSA) is 64.9 Å². The van der Waals surface area contributed by atoms with E-state index < -0.39 is 0 Å². The third kappa shape index (κ3) is 3.59. The smallest absolute Gasteiger partial charge is 0.221 e. The lowest BCUT2D eigenvalue weighted by atomic mass is 10.1. The second-order valence-corrected chi connectivity index (χ2v) is 4.38. The van der Waals surface area contributed by atoms with Crippen molar-refractivity contribution in [2.75, 3.05) is 10.6 Å². The van der Waals surface area contributed by atoms with Gasteiger partial charge in [0.2, 0.25) is 5.91 Å². The molecule has 0 aliphatic carbocycles. The lowest BCUT2D eigenvalue weighted by molar-refractivity contribution is -0.114. The molecule has 0 radical (unpaired) electrons. The Bertz CT molecular complexity index is 659. The number of hydrogen-bond donors (Lipinski definition) is 2. The van der Waals surface area contributed by atoms with Crippen LogP contribution < -0.4 is 10.6 Å². The molecule has 4 heteroatoms. The van der Waals surface area contributed by atoms with Gasteiger partial charge in [0, 0.05) is 24.8 Å². The second-order valence-electron chi connectivity index (χ2n) is 4.38. The van der Waals surface area contributed by atoms with Gasteiger partial charge in [-0.05, 0) is 29.8 Å². The summed E-state index contributed by atoms with van der Waals surface area (Å²) in [6.07, 6.45) is 0. The quantitative estimate of drug-likeness (QED) is 0.892. The molecule has 100 valence electrons. The van der Waals surface area contributed by atoms with Crippen molar-refractivity contribution in [3.63, 3.8) is 0 Å². The minimum Gasteiger partial charge on any atom is -0.381 e. The van der Waals surface area contributed by atoms with E-state index in [2.05, 4.69) is 16.7 Å². The highest BCUT2D eigenvalue weighted by Gasteiger charge is 2.03. The first-order valence-electron chi connectivity index (χ1n) is 6.28. The highest BCUT2D eigenvalue weighted by molar-refractivity contribution is 5.89. The number of nitriles is 1. The molecular formula is C16H15N3O. The van der Waals surface area contributed by atoms with Crippen LogP contribution in [0.2, 0.25) is 0 Å². The number of para-hydroxylation sites is 1.